The predicted octanol–water partition coefficient (Wildman–Crippen LogP) is 3.48. The molecule has 31 heavy (non-hydrogen) atoms. The second kappa shape index (κ2) is 8.88. The lowest BCUT2D eigenvalue weighted by molar-refractivity contribution is 0.0693. The molecule has 0 spiro atoms. The van der Waals surface area contributed by atoms with E-state index in [2.05, 4.69) is 0 Å². The Hall–Kier alpha value is -3.21. The van der Waals surface area contributed by atoms with Crippen LogP contribution < -0.4 is 4.31 Å². The standard InChI is InChI=1S/C21H19NO7S2/c1-2-31(28,29)18-9-6-14(7-10-18)15-4-3-5-16(12-15)22(30(26)27)17-8-11-19(21(24)25)20(23)13-17/h3-13,23H,2H2,1H3,(H,24,25)(H,26,27)/p-1. The summed E-state index contributed by atoms with van der Waals surface area (Å²) in [4.78, 5) is 11.3. The van der Waals surface area contributed by atoms with Gasteiger partial charge in [0.1, 0.15) is 11.3 Å². The molecule has 3 aromatic rings. The largest absolute Gasteiger partial charge is 0.755 e. The SMILES string of the molecule is CCS(=O)(=O)c1ccc(-c2cccc(N(c3ccc(C(=O)O)c(O)c3)S(=O)[O-])c2)cc1. The van der Waals surface area contributed by atoms with Crippen LogP contribution in [0.15, 0.2) is 71.6 Å². The number of aromatic hydroxyl groups is 1. The van der Waals surface area contributed by atoms with Crippen molar-refractivity contribution in [3.8, 4) is 16.9 Å². The third kappa shape index (κ3) is 4.76. The van der Waals surface area contributed by atoms with E-state index in [1.807, 2.05) is 0 Å². The second-order valence-electron chi connectivity index (χ2n) is 6.50. The summed E-state index contributed by atoms with van der Waals surface area (Å²) in [5, 5.41) is 19.0. The highest BCUT2D eigenvalue weighted by Gasteiger charge is 2.16. The zero-order valence-corrected chi connectivity index (χ0v) is 17.9. The van der Waals surface area contributed by atoms with Gasteiger partial charge in [0.2, 0.25) is 0 Å². The van der Waals surface area contributed by atoms with Crippen molar-refractivity contribution in [3.63, 3.8) is 0 Å². The fourth-order valence-electron chi connectivity index (χ4n) is 2.98. The fraction of sp³-hybridized carbons (Fsp3) is 0.0952. The van der Waals surface area contributed by atoms with Crippen molar-refractivity contribution < 1.29 is 32.2 Å². The van der Waals surface area contributed by atoms with E-state index >= 15 is 0 Å². The fourth-order valence-corrected chi connectivity index (χ4v) is 4.44. The normalized spacial score (nSPS) is 12.3. The Bertz CT molecular complexity index is 1250. The minimum Gasteiger partial charge on any atom is -0.755 e. The van der Waals surface area contributed by atoms with E-state index in [0.717, 1.165) is 16.4 Å². The molecule has 0 aliphatic heterocycles. The summed E-state index contributed by atoms with van der Waals surface area (Å²) in [6, 6.07) is 16.2. The first-order chi connectivity index (χ1) is 14.6. The number of carboxylic acids is 1. The maximum atomic E-state index is 12.0. The summed E-state index contributed by atoms with van der Waals surface area (Å²) in [5.41, 5.74) is 1.27. The number of carbonyl (C=O) groups is 1. The predicted molar refractivity (Wildman–Crippen MR) is 116 cm³/mol. The monoisotopic (exact) mass is 460 g/mol. The lowest BCUT2D eigenvalue weighted by atomic mass is 10.1. The van der Waals surface area contributed by atoms with Crippen molar-refractivity contribution in [2.75, 3.05) is 10.1 Å². The number of sulfone groups is 1. The number of aromatic carboxylic acids is 1. The van der Waals surface area contributed by atoms with Crippen LogP contribution in [0.1, 0.15) is 17.3 Å². The number of phenols is 1. The minimum absolute atomic E-state index is 0.0143. The van der Waals surface area contributed by atoms with Crippen LogP contribution >= 0.6 is 0 Å². The van der Waals surface area contributed by atoms with Crippen LogP contribution in [0.2, 0.25) is 0 Å². The molecule has 0 amide bonds. The molecule has 0 saturated heterocycles. The van der Waals surface area contributed by atoms with Gasteiger partial charge < -0.3 is 14.8 Å². The van der Waals surface area contributed by atoms with Gasteiger partial charge in [-0.15, -0.1) is 0 Å². The molecule has 1 atom stereocenters. The number of anilines is 2. The molecule has 8 nitrogen and oxygen atoms in total. The first-order valence-corrected chi connectivity index (χ1v) is 11.7. The Morgan fingerprint density at radius 3 is 2.19 bits per heavy atom. The average Bonchev–Trinajstić information content (AvgIpc) is 2.74. The molecule has 0 aliphatic carbocycles. The summed E-state index contributed by atoms with van der Waals surface area (Å²) in [5.74, 6) is -1.92. The van der Waals surface area contributed by atoms with Gasteiger partial charge >= 0.3 is 5.97 Å². The first-order valence-electron chi connectivity index (χ1n) is 9.03. The average molecular weight is 461 g/mol. The zero-order valence-electron chi connectivity index (χ0n) is 16.3. The van der Waals surface area contributed by atoms with Crippen LogP contribution in [0.5, 0.6) is 5.75 Å². The topological polar surface area (TPSA) is 135 Å². The number of rotatable bonds is 7. The van der Waals surface area contributed by atoms with Crippen LogP contribution in [0, 0.1) is 0 Å². The molecule has 1 unspecified atom stereocenters. The highest BCUT2D eigenvalue weighted by atomic mass is 32.2. The number of benzene rings is 3. The number of carboxylic acid groups (broad SMARTS) is 1. The zero-order chi connectivity index (χ0) is 22.8. The Kier molecular flexibility index (Phi) is 6.44. The van der Waals surface area contributed by atoms with Gasteiger partial charge in [-0.3, -0.25) is 8.51 Å². The van der Waals surface area contributed by atoms with Crippen LogP contribution in [0.3, 0.4) is 0 Å². The van der Waals surface area contributed by atoms with Crippen molar-refractivity contribution in [3.05, 3.63) is 72.3 Å². The summed E-state index contributed by atoms with van der Waals surface area (Å²) in [6.45, 7) is 1.56. The molecular weight excluding hydrogens is 442 g/mol. The van der Waals surface area contributed by atoms with Gasteiger partial charge in [0, 0.05) is 6.07 Å². The van der Waals surface area contributed by atoms with Gasteiger partial charge in [0.15, 0.2) is 9.84 Å². The lowest BCUT2D eigenvalue weighted by Crippen LogP contribution is -2.19. The van der Waals surface area contributed by atoms with Gasteiger partial charge in [0.05, 0.1) is 33.3 Å². The highest BCUT2D eigenvalue weighted by Crippen LogP contribution is 2.33. The van der Waals surface area contributed by atoms with E-state index < -0.39 is 32.8 Å². The molecule has 162 valence electrons. The molecule has 0 aromatic heterocycles. The van der Waals surface area contributed by atoms with Crippen LogP contribution in [-0.4, -0.2) is 39.1 Å². The van der Waals surface area contributed by atoms with Crippen molar-refractivity contribution in [1.29, 1.82) is 0 Å². The third-order valence-electron chi connectivity index (χ3n) is 4.60. The first kappa shape index (κ1) is 22.5. The van der Waals surface area contributed by atoms with E-state index in [0.29, 0.717) is 11.1 Å². The smallest absolute Gasteiger partial charge is 0.339 e. The van der Waals surface area contributed by atoms with Gasteiger partial charge in [-0.1, -0.05) is 31.2 Å². The maximum Gasteiger partial charge on any atom is 0.339 e. The molecule has 2 N–H and O–H groups in total. The minimum atomic E-state index is -3.34. The van der Waals surface area contributed by atoms with Crippen molar-refractivity contribution in [2.24, 2.45) is 0 Å². The summed E-state index contributed by atoms with van der Waals surface area (Å²) < 4.78 is 48.7. The molecule has 10 heteroatoms. The van der Waals surface area contributed by atoms with Crippen molar-refractivity contribution in [1.82, 2.24) is 0 Å². The summed E-state index contributed by atoms with van der Waals surface area (Å²) >= 11 is -2.77. The van der Waals surface area contributed by atoms with Gasteiger partial charge in [-0.25, -0.2) is 13.2 Å². The number of hydrogen-bond donors (Lipinski definition) is 2. The second-order valence-corrected chi connectivity index (χ2v) is 9.57. The Morgan fingerprint density at radius 2 is 1.65 bits per heavy atom. The quantitative estimate of drug-likeness (QED) is 0.515. The van der Waals surface area contributed by atoms with Crippen molar-refractivity contribution >= 4 is 38.4 Å². The van der Waals surface area contributed by atoms with E-state index in [4.69, 9.17) is 5.11 Å². The van der Waals surface area contributed by atoms with E-state index in [1.54, 1.807) is 37.3 Å². The van der Waals surface area contributed by atoms with Crippen molar-refractivity contribution in [2.45, 2.75) is 11.8 Å². The Balaban J connectivity index is 2.01. The van der Waals surface area contributed by atoms with E-state index in [-0.39, 0.29) is 27.6 Å². The van der Waals surface area contributed by atoms with Gasteiger partial charge in [-0.2, -0.15) is 0 Å². The molecule has 0 saturated carbocycles. The number of nitrogens with zero attached hydrogens (tertiary/aromatic N) is 1. The van der Waals surface area contributed by atoms with E-state index in [1.165, 1.54) is 24.3 Å². The molecule has 3 rings (SSSR count). The molecule has 0 heterocycles. The van der Waals surface area contributed by atoms with Gasteiger partial charge in [-0.05, 0) is 47.5 Å². The van der Waals surface area contributed by atoms with Crippen LogP contribution in [-0.2, 0) is 21.1 Å². The summed E-state index contributed by atoms with van der Waals surface area (Å²) in [6.07, 6.45) is 0. The number of hydrogen-bond acceptors (Lipinski definition) is 6. The highest BCUT2D eigenvalue weighted by molar-refractivity contribution is 7.91. The summed E-state index contributed by atoms with van der Waals surface area (Å²) in [7, 11) is -3.34. The Morgan fingerprint density at radius 1 is 1.00 bits per heavy atom. The lowest BCUT2D eigenvalue weighted by Gasteiger charge is -2.27. The molecule has 0 aliphatic rings. The Labute approximate surface area is 181 Å². The van der Waals surface area contributed by atoms with E-state index in [9.17, 15) is 27.1 Å². The van der Waals surface area contributed by atoms with Crippen LogP contribution in [0.25, 0.3) is 11.1 Å². The maximum absolute atomic E-state index is 12.0. The molecule has 0 fully saturated rings. The third-order valence-corrected chi connectivity index (χ3v) is 7.07. The molecular formula is C21H18NO7S2-. The molecule has 3 aromatic carbocycles. The molecule has 0 radical (unpaired) electrons. The van der Waals surface area contributed by atoms with Gasteiger partial charge in [0.25, 0.3) is 0 Å². The molecule has 0 bridgehead atoms. The van der Waals surface area contributed by atoms with Crippen LogP contribution in [0.4, 0.5) is 11.4 Å².